The summed E-state index contributed by atoms with van der Waals surface area (Å²) in [5, 5.41) is 9.43. The van der Waals surface area contributed by atoms with E-state index in [0.29, 0.717) is 28.6 Å². The standard InChI is InChI=1S/C23H19F2N3OS/c1-29-21-10-6-5-9-20(21)28-22(14-16-7-3-2-4-8-16)26-27-23(28)30-15-17-11-12-18(24)19(25)13-17/h2-13H,14-15H2,1H3. The maximum Gasteiger partial charge on any atom is 0.196 e. The Kier molecular flexibility index (Phi) is 6.09. The lowest BCUT2D eigenvalue weighted by atomic mass is 10.1. The van der Waals surface area contributed by atoms with Crippen molar-refractivity contribution in [1.29, 1.82) is 0 Å². The first-order valence-electron chi connectivity index (χ1n) is 9.34. The second kappa shape index (κ2) is 9.09. The van der Waals surface area contributed by atoms with Gasteiger partial charge in [0.2, 0.25) is 0 Å². The Balaban J connectivity index is 1.70. The summed E-state index contributed by atoms with van der Waals surface area (Å²) in [5.74, 6) is 0.172. The summed E-state index contributed by atoms with van der Waals surface area (Å²) >= 11 is 1.40. The number of methoxy groups -OCH3 is 1. The predicted octanol–water partition coefficient (Wildman–Crippen LogP) is 5.44. The molecule has 1 aromatic heterocycles. The van der Waals surface area contributed by atoms with Gasteiger partial charge in [-0.25, -0.2) is 8.78 Å². The molecule has 0 radical (unpaired) electrons. The van der Waals surface area contributed by atoms with Crippen molar-refractivity contribution in [3.8, 4) is 11.4 Å². The topological polar surface area (TPSA) is 39.9 Å². The maximum absolute atomic E-state index is 13.6. The zero-order valence-electron chi connectivity index (χ0n) is 16.3. The summed E-state index contributed by atoms with van der Waals surface area (Å²) < 4.78 is 34.3. The van der Waals surface area contributed by atoms with E-state index in [-0.39, 0.29) is 0 Å². The number of hydrogen-bond acceptors (Lipinski definition) is 4. The van der Waals surface area contributed by atoms with E-state index in [2.05, 4.69) is 10.2 Å². The van der Waals surface area contributed by atoms with E-state index in [0.717, 1.165) is 23.1 Å². The van der Waals surface area contributed by atoms with Crippen LogP contribution in [-0.2, 0) is 12.2 Å². The fraction of sp³-hybridized carbons (Fsp3) is 0.130. The Morgan fingerprint density at radius 2 is 1.63 bits per heavy atom. The largest absolute Gasteiger partial charge is 0.495 e. The third-order valence-electron chi connectivity index (χ3n) is 4.58. The van der Waals surface area contributed by atoms with Crippen molar-refractivity contribution in [1.82, 2.24) is 14.8 Å². The molecule has 0 bridgehead atoms. The molecule has 3 aromatic carbocycles. The molecule has 0 aliphatic heterocycles. The first-order chi connectivity index (χ1) is 14.7. The average Bonchev–Trinajstić information content (AvgIpc) is 3.17. The van der Waals surface area contributed by atoms with Crippen LogP contribution in [-0.4, -0.2) is 21.9 Å². The molecule has 4 rings (SSSR count). The number of hydrogen-bond donors (Lipinski definition) is 0. The van der Waals surface area contributed by atoms with Crippen LogP contribution < -0.4 is 4.74 Å². The van der Waals surface area contributed by atoms with E-state index in [1.807, 2.05) is 59.2 Å². The summed E-state index contributed by atoms with van der Waals surface area (Å²) in [6.07, 6.45) is 0.595. The number of rotatable bonds is 7. The molecule has 0 saturated heterocycles. The third-order valence-corrected chi connectivity index (χ3v) is 5.58. The van der Waals surface area contributed by atoms with Gasteiger partial charge in [0, 0.05) is 12.2 Å². The van der Waals surface area contributed by atoms with Gasteiger partial charge in [0.15, 0.2) is 16.8 Å². The molecule has 0 saturated carbocycles. The maximum atomic E-state index is 13.6. The lowest BCUT2D eigenvalue weighted by Gasteiger charge is -2.14. The van der Waals surface area contributed by atoms with Crippen LogP contribution in [0.1, 0.15) is 17.0 Å². The van der Waals surface area contributed by atoms with Crippen LogP contribution in [0.3, 0.4) is 0 Å². The molecule has 4 aromatic rings. The van der Waals surface area contributed by atoms with Crippen molar-refractivity contribution in [2.24, 2.45) is 0 Å². The van der Waals surface area contributed by atoms with Crippen molar-refractivity contribution in [3.63, 3.8) is 0 Å². The molecule has 30 heavy (non-hydrogen) atoms. The highest BCUT2D eigenvalue weighted by Gasteiger charge is 2.18. The van der Waals surface area contributed by atoms with Crippen molar-refractivity contribution in [2.45, 2.75) is 17.3 Å². The number of aromatic nitrogens is 3. The van der Waals surface area contributed by atoms with Gasteiger partial charge in [-0.1, -0.05) is 60.3 Å². The van der Waals surface area contributed by atoms with E-state index in [1.54, 1.807) is 13.2 Å². The summed E-state index contributed by atoms with van der Waals surface area (Å²) in [6.45, 7) is 0. The minimum absolute atomic E-state index is 0.426. The van der Waals surface area contributed by atoms with Gasteiger partial charge in [0.05, 0.1) is 12.8 Å². The average molecular weight is 423 g/mol. The van der Waals surface area contributed by atoms with E-state index < -0.39 is 11.6 Å². The van der Waals surface area contributed by atoms with E-state index >= 15 is 0 Å². The predicted molar refractivity (Wildman–Crippen MR) is 113 cm³/mol. The third kappa shape index (κ3) is 4.36. The number of nitrogens with zero attached hydrogens (tertiary/aromatic N) is 3. The van der Waals surface area contributed by atoms with Gasteiger partial charge >= 0.3 is 0 Å². The second-order valence-corrected chi connectivity index (χ2v) is 7.55. The quantitative estimate of drug-likeness (QED) is 0.371. The number of halogens is 2. The number of benzene rings is 3. The Morgan fingerprint density at radius 3 is 2.40 bits per heavy atom. The van der Waals surface area contributed by atoms with Crippen molar-refractivity contribution >= 4 is 11.8 Å². The van der Waals surface area contributed by atoms with Crippen LogP contribution in [0.5, 0.6) is 5.75 Å². The summed E-state index contributed by atoms with van der Waals surface area (Å²) in [6, 6.07) is 21.6. The first-order valence-corrected chi connectivity index (χ1v) is 10.3. The molecule has 0 spiro atoms. The van der Waals surface area contributed by atoms with Crippen LogP contribution in [0.4, 0.5) is 8.78 Å². The molecular weight excluding hydrogens is 404 g/mol. The first kappa shape index (κ1) is 20.1. The Bertz CT molecular complexity index is 1150. The lowest BCUT2D eigenvalue weighted by molar-refractivity contribution is 0.411. The number of ether oxygens (including phenoxy) is 1. The van der Waals surface area contributed by atoms with Crippen LogP contribution in [0.25, 0.3) is 5.69 Å². The lowest BCUT2D eigenvalue weighted by Crippen LogP contribution is -2.05. The Labute approximate surface area is 177 Å². The highest BCUT2D eigenvalue weighted by atomic mass is 32.2. The Morgan fingerprint density at radius 1 is 0.867 bits per heavy atom. The number of thioether (sulfide) groups is 1. The highest BCUT2D eigenvalue weighted by molar-refractivity contribution is 7.98. The van der Waals surface area contributed by atoms with Crippen LogP contribution in [0.2, 0.25) is 0 Å². The van der Waals surface area contributed by atoms with Gasteiger partial charge in [-0.2, -0.15) is 0 Å². The van der Waals surface area contributed by atoms with Gasteiger partial charge in [0.1, 0.15) is 11.6 Å². The minimum atomic E-state index is -0.857. The highest BCUT2D eigenvalue weighted by Crippen LogP contribution is 2.31. The van der Waals surface area contributed by atoms with Crippen molar-refractivity contribution in [3.05, 3.63) is 101 Å². The van der Waals surface area contributed by atoms with E-state index in [1.165, 1.54) is 17.8 Å². The van der Waals surface area contributed by atoms with Crippen LogP contribution in [0, 0.1) is 11.6 Å². The normalized spacial score (nSPS) is 10.9. The minimum Gasteiger partial charge on any atom is -0.495 e. The Hall–Kier alpha value is -3.19. The van der Waals surface area contributed by atoms with Crippen molar-refractivity contribution in [2.75, 3.05) is 7.11 Å². The fourth-order valence-corrected chi connectivity index (χ4v) is 4.03. The van der Waals surface area contributed by atoms with Gasteiger partial charge in [-0.15, -0.1) is 10.2 Å². The molecule has 0 amide bonds. The van der Waals surface area contributed by atoms with Gasteiger partial charge in [0.25, 0.3) is 0 Å². The van der Waals surface area contributed by atoms with Gasteiger partial charge < -0.3 is 4.74 Å². The zero-order valence-corrected chi connectivity index (χ0v) is 17.1. The SMILES string of the molecule is COc1ccccc1-n1c(Cc2ccccc2)nnc1SCc1ccc(F)c(F)c1. The monoisotopic (exact) mass is 423 g/mol. The fourth-order valence-electron chi connectivity index (χ4n) is 3.12. The van der Waals surface area contributed by atoms with Crippen LogP contribution >= 0.6 is 11.8 Å². The van der Waals surface area contributed by atoms with Gasteiger partial charge in [-0.05, 0) is 35.4 Å². The zero-order chi connectivity index (χ0) is 20.9. The molecule has 7 heteroatoms. The van der Waals surface area contributed by atoms with Crippen molar-refractivity contribution < 1.29 is 13.5 Å². The summed E-state index contributed by atoms with van der Waals surface area (Å²) in [7, 11) is 1.62. The molecule has 4 nitrogen and oxygen atoms in total. The molecule has 152 valence electrons. The molecule has 1 heterocycles. The molecular formula is C23H19F2N3OS. The molecule has 0 aliphatic rings. The molecule has 0 N–H and O–H groups in total. The van der Waals surface area contributed by atoms with Crippen LogP contribution in [0.15, 0.2) is 78.0 Å². The summed E-state index contributed by atoms with van der Waals surface area (Å²) in [5.41, 5.74) is 2.60. The van der Waals surface area contributed by atoms with E-state index in [4.69, 9.17) is 4.74 Å². The number of para-hydroxylation sites is 2. The molecule has 0 fully saturated rings. The van der Waals surface area contributed by atoms with E-state index in [9.17, 15) is 8.78 Å². The molecule has 0 aliphatic carbocycles. The molecule has 0 atom stereocenters. The molecule has 0 unspecified atom stereocenters. The summed E-state index contributed by atoms with van der Waals surface area (Å²) in [4.78, 5) is 0. The smallest absolute Gasteiger partial charge is 0.196 e. The second-order valence-electron chi connectivity index (χ2n) is 6.61. The van der Waals surface area contributed by atoms with Gasteiger partial charge in [-0.3, -0.25) is 4.57 Å².